The molecule has 0 aliphatic heterocycles. The van der Waals surface area contributed by atoms with Crippen LogP contribution in [0.4, 0.5) is 0 Å². The molecule has 0 unspecified atom stereocenters. The van der Waals surface area contributed by atoms with Crippen LogP contribution in [0.2, 0.25) is 0 Å². The van der Waals surface area contributed by atoms with Crippen LogP contribution in [0, 0.1) is 0 Å². The molecule has 12 heavy (non-hydrogen) atoms. The van der Waals surface area contributed by atoms with E-state index in [0.29, 0.717) is 4.47 Å². The summed E-state index contributed by atoms with van der Waals surface area (Å²) in [5, 5.41) is 5.35. The van der Waals surface area contributed by atoms with Gasteiger partial charge in [0, 0.05) is 5.41 Å². The quantitative estimate of drug-likeness (QED) is 0.691. The van der Waals surface area contributed by atoms with Crippen molar-refractivity contribution < 1.29 is 5.48 Å². The van der Waals surface area contributed by atoms with Crippen LogP contribution >= 0.6 is 15.9 Å². The fourth-order valence-electron chi connectivity index (χ4n) is 0.859. The number of halogens is 1. The van der Waals surface area contributed by atoms with E-state index in [0.717, 1.165) is 5.69 Å². The van der Waals surface area contributed by atoms with Crippen molar-refractivity contribution in [2.75, 3.05) is 0 Å². The SMILES string of the molecule is CC(C)(C)c1[nH][nH]c(=O)c1Br.O. The zero-order valence-corrected chi connectivity index (χ0v) is 8.87. The number of nitrogens with one attached hydrogen (secondary N) is 2. The molecule has 1 aromatic heterocycles. The Hall–Kier alpha value is -0.550. The van der Waals surface area contributed by atoms with Gasteiger partial charge in [0.05, 0.1) is 5.69 Å². The molecule has 4 nitrogen and oxygen atoms in total. The van der Waals surface area contributed by atoms with Crippen LogP contribution in [0.1, 0.15) is 26.5 Å². The third-order valence-corrected chi connectivity index (χ3v) is 2.23. The van der Waals surface area contributed by atoms with E-state index in [1.165, 1.54) is 0 Å². The molecule has 1 rings (SSSR count). The van der Waals surface area contributed by atoms with Crippen molar-refractivity contribution in [1.82, 2.24) is 10.2 Å². The molecule has 0 saturated carbocycles. The molecule has 0 fully saturated rings. The molecule has 5 heteroatoms. The largest absolute Gasteiger partial charge is 0.412 e. The smallest absolute Gasteiger partial charge is 0.278 e. The highest BCUT2D eigenvalue weighted by atomic mass is 79.9. The average Bonchev–Trinajstić information content (AvgIpc) is 2.11. The Bertz CT molecular complexity index is 308. The number of H-pyrrole nitrogens is 2. The van der Waals surface area contributed by atoms with Crippen molar-refractivity contribution >= 4 is 15.9 Å². The van der Waals surface area contributed by atoms with Crippen molar-refractivity contribution in [3.8, 4) is 0 Å². The molecule has 70 valence electrons. The van der Waals surface area contributed by atoms with Crippen LogP contribution < -0.4 is 5.56 Å². The van der Waals surface area contributed by atoms with E-state index in [1.807, 2.05) is 20.8 Å². The fourth-order valence-corrected chi connectivity index (χ4v) is 1.65. The van der Waals surface area contributed by atoms with E-state index in [4.69, 9.17) is 0 Å². The second kappa shape index (κ2) is 3.45. The Morgan fingerprint density at radius 1 is 1.25 bits per heavy atom. The first-order valence-electron chi connectivity index (χ1n) is 3.39. The lowest BCUT2D eigenvalue weighted by atomic mass is 9.93. The van der Waals surface area contributed by atoms with Crippen LogP contribution in [0.5, 0.6) is 0 Å². The Labute approximate surface area is 78.8 Å². The molecule has 0 spiro atoms. The number of aromatic nitrogens is 2. The van der Waals surface area contributed by atoms with Crippen molar-refractivity contribution in [3.05, 3.63) is 20.5 Å². The minimum Gasteiger partial charge on any atom is -0.412 e. The first-order chi connectivity index (χ1) is 4.93. The topological polar surface area (TPSA) is 80.2 Å². The van der Waals surface area contributed by atoms with Gasteiger partial charge < -0.3 is 10.6 Å². The van der Waals surface area contributed by atoms with Crippen LogP contribution in [-0.2, 0) is 5.41 Å². The maximum atomic E-state index is 11.0. The van der Waals surface area contributed by atoms with Gasteiger partial charge in [-0.3, -0.25) is 9.89 Å². The molecular formula is C7H13BrN2O2. The van der Waals surface area contributed by atoms with Gasteiger partial charge in [-0.05, 0) is 15.9 Å². The number of rotatable bonds is 0. The standard InChI is InChI=1S/C7H11BrN2O.H2O/c1-7(2,3)5-4(8)6(11)10-9-5;/h1-3H3,(H2,9,10,11);1H2. The molecule has 1 heterocycles. The highest BCUT2D eigenvalue weighted by Crippen LogP contribution is 2.24. The highest BCUT2D eigenvalue weighted by Gasteiger charge is 2.20. The van der Waals surface area contributed by atoms with Gasteiger partial charge >= 0.3 is 0 Å². The predicted molar refractivity (Wildman–Crippen MR) is 51.4 cm³/mol. The van der Waals surface area contributed by atoms with Crippen LogP contribution in [-0.4, -0.2) is 15.7 Å². The van der Waals surface area contributed by atoms with Gasteiger partial charge in [0.25, 0.3) is 5.56 Å². The number of hydrogen-bond acceptors (Lipinski definition) is 1. The lowest BCUT2D eigenvalue weighted by molar-refractivity contribution is 0.564. The maximum absolute atomic E-state index is 11.0. The predicted octanol–water partition coefficient (Wildman–Crippen LogP) is 0.938. The van der Waals surface area contributed by atoms with Crippen LogP contribution in [0.15, 0.2) is 9.27 Å². The van der Waals surface area contributed by atoms with Crippen molar-refractivity contribution in [2.24, 2.45) is 0 Å². The van der Waals surface area contributed by atoms with Crippen LogP contribution in [0.3, 0.4) is 0 Å². The number of hydrogen-bond donors (Lipinski definition) is 2. The van der Waals surface area contributed by atoms with Gasteiger partial charge in [-0.25, -0.2) is 0 Å². The summed E-state index contributed by atoms with van der Waals surface area (Å²) in [6, 6.07) is 0. The minimum absolute atomic E-state index is 0. The highest BCUT2D eigenvalue weighted by molar-refractivity contribution is 9.10. The third kappa shape index (κ3) is 1.98. The molecule has 0 bridgehead atoms. The van der Waals surface area contributed by atoms with E-state index in [1.54, 1.807) is 0 Å². The lowest BCUT2D eigenvalue weighted by Crippen LogP contribution is -2.13. The van der Waals surface area contributed by atoms with Gasteiger partial charge in [0.15, 0.2) is 0 Å². The summed E-state index contributed by atoms with van der Waals surface area (Å²) in [5.41, 5.74) is 0.773. The zero-order chi connectivity index (χ0) is 8.65. The summed E-state index contributed by atoms with van der Waals surface area (Å²) >= 11 is 3.21. The Kier molecular flexibility index (Phi) is 3.29. The molecule has 0 radical (unpaired) electrons. The minimum atomic E-state index is -0.102. The molecule has 0 aromatic carbocycles. The normalized spacial score (nSPS) is 11.0. The molecule has 0 aliphatic rings. The summed E-state index contributed by atoms with van der Waals surface area (Å²) < 4.78 is 0.602. The third-order valence-electron chi connectivity index (χ3n) is 1.47. The van der Waals surface area contributed by atoms with Crippen molar-refractivity contribution in [3.63, 3.8) is 0 Å². The monoisotopic (exact) mass is 236 g/mol. The summed E-state index contributed by atoms with van der Waals surface area (Å²) in [5.74, 6) is 0. The Morgan fingerprint density at radius 2 is 1.75 bits per heavy atom. The maximum Gasteiger partial charge on any atom is 0.278 e. The Balaban J connectivity index is 0.00000121. The molecule has 1 aromatic rings. The molecule has 4 N–H and O–H groups in total. The fraction of sp³-hybridized carbons (Fsp3) is 0.571. The van der Waals surface area contributed by atoms with E-state index in [2.05, 4.69) is 26.1 Å². The van der Waals surface area contributed by atoms with E-state index >= 15 is 0 Å². The van der Waals surface area contributed by atoms with Gasteiger partial charge in [-0.1, -0.05) is 20.8 Å². The second-order valence-electron chi connectivity index (χ2n) is 3.52. The second-order valence-corrected chi connectivity index (χ2v) is 4.31. The van der Waals surface area contributed by atoms with E-state index in [-0.39, 0.29) is 16.5 Å². The zero-order valence-electron chi connectivity index (χ0n) is 7.29. The van der Waals surface area contributed by atoms with Crippen molar-refractivity contribution in [1.29, 1.82) is 0 Å². The number of aromatic amines is 2. The molecule has 0 amide bonds. The average molecular weight is 237 g/mol. The first kappa shape index (κ1) is 11.4. The summed E-state index contributed by atoms with van der Waals surface area (Å²) in [6.45, 7) is 6.12. The molecule has 0 atom stereocenters. The van der Waals surface area contributed by atoms with Gasteiger partial charge in [0.1, 0.15) is 4.47 Å². The van der Waals surface area contributed by atoms with Gasteiger partial charge in [0.2, 0.25) is 0 Å². The van der Waals surface area contributed by atoms with E-state index in [9.17, 15) is 4.79 Å². The molecule has 0 saturated heterocycles. The Morgan fingerprint density at radius 3 is 1.92 bits per heavy atom. The lowest BCUT2D eigenvalue weighted by Gasteiger charge is -2.15. The van der Waals surface area contributed by atoms with Crippen molar-refractivity contribution in [2.45, 2.75) is 26.2 Å². The van der Waals surface area contributed by atoms with Gasteiger partial charge in [-0.2, -0.15) is 0 Å². The van der Waals surface area contributed by atoms with E-state index < -0.39 is 0 Å². The van der Waals surface area contributed by atoms with Gasteiger partial charge in [-0.15, -0.1) is 0 Å². The molecular weight excluding hydrogens is 224 g/mol. The summed E-state index contributed by atoms with van der Waals surface area (Å²) in [4.78, 5) is 11.0. The summed E-state index contributed by atoms with van der Waals surface area (Å²) in [7, 11) is 0. The van der Waals surface area contributed by atoms with Crippen LogP contribution in [0.25, 0.3) is 0 Å². The molecule has 0 aliphatic carbocycles. The summed E-state index contributed by atoms with van der Waals surface area (Å²) in [6.07, 6.45) is 0. The first-order valence-corrected chi connectivity index (χ1v) is 4.19.